The molecule has 0 bridgehead atoms. The second-order valence-electron chi connectivity index (χ2n) is 5.71. The topological polar surface area (TPSA) is 35.5 Å². The molecule has 0 unspecified atom stereocenters. The van der Waals surface area contributed by atoms with Crippen molar-refractivity contribution in [1.82, 2.24) is 0 Å². The van der Waals surface area contributed by atoms with Gasteiger partial charge in [-0.25, -0.2) is 0 Å². The summed E-state index contributed by atoms with van der Waals surface area (Å²) in [4.78, 5) is 12.0. The standard InChI is InChI=1S/C22H20O3/c1-24-20-12-7-17(8-13-20)9-16-22(23)25-21-14-10-19(11-15-21)18-5-3-2-4-6-18/h2-8,10-15H,9,16H2,1H3. The van der Waals surface area contributed by atoms with E-state index in [0.717, 1.165) is 22.4 Å². The van der Waals surface area contributed by atoms with Crippen LogP contribution in [0.3, 0.4) is 0 Å². The van der Waals surface area contributed by atoms with Gasteiger partial charge in [-0.3, -0.25) is 4.79 Å². The van der Waals surface area contributed by atoms with Gasteiger partial charge in [-0.1, -0.05) is 54.6 Å². The number of carbonyl (C=O) groups excluding carboxylic acids is 1. The molecule has 3 aromatic carbocycles. The second-order valence-corrected chi connectivity index (χ2v) is 5.71. The molecule has 3 nitrogen and oxygen atoms in total. The molecule has 0 N–H and O–H groups in total. The third-order valence-electron chi connectivity index (χ3n) is 3.97. The van der Waals surface area contributed by atoms with Crippen molar-refractivity contribution in [1.29, 1.82) is 0 Å². The van der Waals surface area contributed by atoms with Gasteiger partial charge in [-0.05, 0) is 47.4 Å². The van der Waals surface area contributed by atoms with Gasteiger partial charge in [0, 0.05) is 6.42 Å². The highest BCUT2D eigenvalue weighted by Gasteiger charge is 2.06. The van der Waals surface area contributed by atoms with E-state index in [2.05, 4.69) is 12.1 Å². The molecule has 0 fully saturated rings. The fourth-order valence-electron chi connectivity index (χ4n) is 2.57. The molecule has 3 aromatic rings. The first kappa shape index (κ1) is 16.8. The highest BCUT2D eigenvalue weighted by atomic mass is 16.5. The smallest absolute Gasteiger partial charge is 0.311 e. The third-order valence-corrected chi connectivity index (χ3v) is 3.97. The van der Waals surface area contributed by atoms with Crippen molar-refractivity contribution in [2.45, 2.75) is 12.8 Å². The SMILES string of the molecule is COc1ccc(CCC(=O)Oc2ccc(-c3ccccc3)cc2)cc1. The van der Waals surface area contributed by atoms with Crippen LogP contribution in [0.1, 0.15) is 12.0 Å². The number of benzene rings is 3. The third kappa shape index (κ3) is 4.70. The number of esters is 1. The van der Waals surface area contributed by atoms with Gasteiger partial charge in [0.2, 0.25) is 0 Å². The monoisotopic (exact) mass is 332 g/mol. The van der Waals surface area contributed by atoms with Crippen molar-refractivity contribution >= 4 is 5.97 Å². The van der Waals surface area contributed by atoms with Gasteiger partial charge in [-0.2, -0.15) is 0 Å². The van der Waals surface area contributed by atoms with Crippen molar-refractivity contribution in [2.24, 2.45) is 0 Å². The predicted octanol–water partition coefficient (Wildman–Crippen LogP) is 4.90. The Kier molecular flexibility index (Phi) is 5.47. The normalized spacial score (nSPS) is 10.3. The Morgan fingerprint density at radius 2 is 1.36 bits per heavy atom. The van der Waals surface area contributed by atoms with Crippen LogP contribution in [0.25, 0.3) is 11.1 Å². The van der Waals surface area contributed by atoms with Crippen LogP contribution in [0.5, 0.6) is 11.5 Å². The van der Waals surface area contributed by atoms with Crippen LogP contribution >= 0.6 is 0 Å². The molecule has 0 atom stereocenters. The van der Waals surface area contributed by atoms with Crippen molar-refractivity contribution < 1.29 is 14.3 Å². The average Bonchev–Trinajstić information content (AvgIpc) is 2.68. The van der Waals surface area contributed by atoms with Crippen molar-refractivity contribution in [3.63, 3.8) is 0 Å². The number of ether oxygens (including phenoxy) is 2. The Bertz CT molecular complexity index is 806. The zero-order valence-electron chi connectivity index (χ0n) is 14.1. The number of aryl methyl sites for hydroxylation is 1. The van der Waals surface area contributed by atoms with Crippen LogP contribution < -0.4 is 9.47 Å². The zero-order chi connectivity index (χ0) is 17.5. The minimum atomic E-state index is -0.233. The van der Waals surface area contributed by atoms with E-state index in [9.17, 15) is 4.79 Å². The van der Waals surface area contributed by atoms with Gasteiger partial charge in [0.05, 0.1) is 7.11 Å². The molecular formula is C22H20O3. The molecule has 0 aromatic heterocycles. The maximum Gasteiger partial charge on any atom is 0.311 e. The Morgan fingerprint density at radius 3 is 2.00 bits per heavy atom. The first-order chi connectivity index (χ1) is 12.2. The van der Waals surface area contributed by atoms with Crippen LogP contribution in [-0.4, -0.2) is 13.1 Å². The summed E-state index contributed by atoms with van der Waals surface area (Å²) in [5, 5.41) is 0. The summed E-state index contributed by atoms with van der Waals surface area (Å²) in [7, 11) is 1.63. The van der Waals surface area contributed by atoms with E-state index in [1.165, 1.54) is 0 Å². The van der Waals surface area contributed by atoms with Gasteiger partial charge >= 0.3 is 5.97 Å². The van der Waals surface area contributed by atoms with Gasteiger partial charge in [-0.15, -0.1) is 0 Å². The predicted molar refractivity (Wildman–Crippen MR) is 98.8 cm³/mol. The molecule has 0 amide bonds. The quantitative estimate of drug-likeness (QED) is 0.476. The highest BCUT2D eigenvalue weighted by Crippen LogP contribution is 2.22. The van der Waals surface area contributed by atoms with Crippen LogP contribution in [-0.2, 0) is 11.2 Å². The van der Waals surface area contributed by atoms with Crippen molar-refractivity contribution in [3.8, 4) is 22.6 Å². The Labute approximate surface area is 147 Å². The lowest BCUT2D eigenvalue weighted by atomic mass is 10.1. The largest absolute Gasteiger partial charge is 0.497 e. The van der Waals surface area contributed by atoms with Gasteiger partial charge in [0.1, 0.15) is 11.5 Å². The fraction of sp³-hybridized carbons (Fsp3) is 0.136. The van der Waals surface area contributed by atoms with E-state index < -0.39 is 0 Å². The van der Waals surface area contributed by atoms with Crippen LogP contribution in [0.4, 0.5) is 0 Å². The van der Waals surface area contributed by atoms with Gasteiger partial charge in [0.25, 0.3) is 0 Å². The zero-order valence-corrected chi connectivity index (χ0v) is 14.1. The summed E-state index contributed by atoms with van der Waals surface area (Å²) in [5.74, 6) is 1.15. The summed E-state index contributed by atoms with van der Waals surface area (Å²) in [5.41, 5.74) is 3.32. The molecule has 25 heavy (non-hydrogen) atoms. The summed E-state index contributed by atoms with van der Waals surface area (Å²) < 4.78 is 10.5. The molecule has 0 saturated heterocycles. The molecule has 3 rings (SSSR count). The molecule has 126 valence electrons. The molecule has 0 aliphatic rings. The van der Waals surface area contributed by atoms with E-state index in [-0.39, 0.29) is 5.97 Å². The van der Waals surface area contributed by atoms with E-state index >= 15 is 0 Å². The Hall–Kier alpha value is -3.07. The summed E-state index contributed by atoms with van der Waals surface area (Å²) in [6.45, 7) is 0. The summed E-state index contributed by atoms with van der Waals surface area (Å²) in [6, 6.07) is 25.4. The molecule has 0 radical (unpaired) electrons. The lowest BCUT2D eigenvalue weighted by Crippen LogP contribution is -2.08. The molecule has 0 spiro atoms. The van der Waals surface area contributed by atoms with E-state index in [1.807, 2.05) is 66.7 Å². The highest BCUT2D eigenvalue weighted by molar-refractivity contribution is 5.73. The first-order valence-electron chi connectivity index (χ1n) is 8.24. The first-order valence-corrected chi connectivity index (χ1v) is 8.24. The number of methoxy groups -OCH3 is 1. The van der Waals surface area contributed by atoms with E-state index in [0.29, 0.717) is 18.6 Å². The maximum absolute atomic E-state index is 12.0. The number of hydrogen-bond acceptors (Lipinski definition) is 3. The fourth-order valence-corrected chi connectivity index (χ4v) is 2.57. The molecule has 3 heteroatoms. The molecule has 0 heterocycles. The van der Waals surface area contributed by atoms with Crippen molar-refractivity contribution in [2.75, 3.05) is 7.11 Å². The summed E-state index contributed by atoms with van der Waals surface area (Å²) in [6.07, 6.45) is 0.984. The number of rotatable bonds is 6. The van der Waals surface area contributed by atoms with Gasteiger partial charge < -0.3 is 9.47 Å². The summed E-state index contributed by atoms with van der Waals surface area (Å²) >= 11 is 0. The lowest BCUT2D eigenvalue weighted by Gasteiger charge is -2.07. The lowest BCUT2D eigenvalue weighted by molar-refractivity contribution is -0.134. The average molecular weight is 332 g/mol. The molecule has 0 aliphatic carbocycles. The van der Waals surface area contributed by atoms with Crippen molar-refractivity contribution in [3.05, 3.63) is 84.4 Å². The minimum Gasteiger partial charge on any atom is -0.497 e. The van der Waals surface area contributed by atoms with Crippen LogP contribution in [0.2, 0.25) is 0 Å². The molecule has 0 aliphatic heterocycles. The minimum absolute atomic E-state index is 0.233. The second kappa shape index (κ2) is 8.15. The number of carbonyl (C=O) groups is 1. The molecule has 0 saturated carbocycles. The Balaban J connectivity index is 1.54. The van der Waals surface area contributed by atoms with Crippen LogP contribution in [0.15, 0.2) is 78.9 Å². The molecular weight excluding hydrogens is 312 g/mol. The van der Waals surface area contributed by atoms with Crippen LogP contribution in [0, 0.1) is 0 Å². The number of hydrogen-bond donors (Lipinski definition) is 0. The Morgan fingerprint density at radius 1 is 0.760 bits per heavy atom. The van der Waals surface area contributed by atoms with Gasteiger partial charge in [0.15, 0.2) is 0 Å². The van der Waals surface area contributed by atoms with E-state index in [1.54, 1.807) is 7.11 Å². The maximum atomic E-state index is 12.0. The van der Waals surface area contributed by atoms with E-state index in [4.69, 9.17) is 9.47 Å².